The molecule has 0 saturated heterocycles. The van der Waals surface area contributed by atoms with Gasteiger partial charge in [0.15, 0.2) is 0 Å². The molecule has 1 nitrogen and oxygen atoms in total. The van der Waals surface area contributed by atoms with Gasteiger partial charge in [-0.2, -0.15) is 16.4 Å². The van der Waals surface area contributed by atoms with Crippen molar-refractivity contribution in [2.45, 2.75) is 45.4 Å². The maximum atomic E-state index is 4.19. The van der Waals surface area contributed by atoms with Gasteiger partial charge in [-0.15, -0.1) is 6.58 Å². The van der Waals surface area contributed by atoms with Crippen LogP contribution in [0.1, 0.15) is 45.4 Å². The molecule has 0 bridgehead atoms. The lowest BCUT2D eigenvalue weighted by atomic mass is 9.16. The number of benzene rings is 3. The van der Waals surface area contributed by atoms with Gasteiger partial charge >= 0.3 is 0 Å². The number of hydrogen-bond donors (Lipinski definition) is 0. The molecule has 0 saturated carbocycles. The van der Waals surface area contributed by atoms with E-state index in [1.165, 1.54) is 61.5 Å². The zero-order chi connectivity index (χ0) is 24.0. The molecule has 2 heteroatoms. The average Bonchev–Trinajstić information content (AvgIpc) is 2.84. The molecule has 176 valence electrons. The molecule has 0 fully saturated rings. The van der Waals surface area contributed by atoms with Crippen LogP contribution in [0.5, 0.6) is 0 Å². The van der Waals surface area contributed by atoms with Gasteiger partial charge in [0.1, 0.15) is 0 Å². The van der Waals surface area contributed by atoms with Gasteiger partial charge in [-0.05, 0) is 12.8 Å². The summed E-state index contributed by atoms with van der Waals surface area (Å²) in [4.78, 5) is 0. The minimum Gasteiger partial charge on any atom is -0.331 e. The third-order valence-corrected chi connectivity index (χ3v) is 6.51. The molecule has 0 unspecified atom stereocenters. The molecule has 0 aliphatic heterocycles. The molecule has 0 atom stereocenters. The van der Waals surface area contributed by atoms with Crippen LogP contribution in [0.15, 0.2) is 104 Å². The highest BCUT2D eigenvalue weighted by atomic mass is 15.3. The third kappa shape index (κ3) is 8.37. The summed E-state index contributed by atoms with van der Waals surface area (Å²) in [5.74, 6) is 2.11. The van der Waals surface area contributed by atoms with Crippen LogP contribution in [-0.4, -0.2) is 38.3 Å². The van der Waals surface area contributed by atoms with Crippen molar-refractivity contribution in [3.63, 3.8) is 0 Å². The monoisotopic (exact) mass is 441 g/mol. The second-order valence-electron chi connectivity index (χ2n) is 10.2. The lowest BCUT2D eigenvalue weighted by molar-refractivity contribution is -0.870. The Morgan fingerprint density at radius 2 is 0.970 bits per heavy atom. The first-order valence-electron chi connectivity index (χ1n) is 12.7. The summed E-state index contributed by atoms with van der Waals surface area (Å²) in [5, 5.41) is 0. The van der Waals surface area contributed by atoms with Crippen molar-refractivity contribution in [1.29, 1.82) is 0 Å². The Kier molecular flexibility index (Phi) is 11.2. The number of rotatable bonds is 11. The molecule has 33 heavy (non-hydrogen) atoms. The van der Waals surface area contributed by atoms with E-state index in [0.717, 1.165) is 4.48 Å². The summed E-state index contributed by atoms with van der Waals surface area (Å²) in [6.45, 7) is 7.79. The summed E-state index contributed by atoms with van der Waals surface area (Å²) < 4.78 is 1.12. The first-order valence-corrected chi connectivity index (χ1v) is 12.7. The second kappa shape index (κ2) is 13.9. The lowest BCUT2D eigenvalue weighted by Crippen LogP contribution is -2.65. The van der Waals surface area contributed by atoms with Crippen molar-refractivity contribution < 1.29 is 4.48 Å². The summed E-state index contributed by atoms with van der Waals surface area (Å²) in [6.07, 6.45) is 7.34. The third-order valence-electron chi connectivity index (χ3n) is 6.51. The first-order chi connectivity index (χ1) is 15.9. The van der Waals surface area contributed by atoms with Crippen LogP contribution in [0.2, 0.25) is 0 Å². The summed E-state index contributed by atoms with van der Waals surface area (Å²) >= 11 is 0. The van der Waals surface area contributed by atoms with Crippen LogP contribution < -0.4 is 16.4 Å². The van der Waals surface area contributed by atoms with Crippen molar-refractivity contribution in [2.75, 3.05) is 27.7 Å². The number of unbranched alkanes of at least 4 members (excludes halogenated alkanes) is 5. The maximum Gasteiger partial charge on any atom is 0.0998 e. The van der Waals surface area contributed by atoms with Gasteiger partial charge in [0.25, 0.3) is 0 Å². The van der Waals surface area contributed by atoms with Crippen molar-refractivity contribution in [3.05, 3.63) is 104 Å². The van der Waals surface area contributed by atoms with Crippen LogP contribution in [0, 0.1) is 0 Å². The topological polar surface area (TPSA) is 0 Å². The molecule has 0 aliphatic rings. The first kappa shape index (κ1) is 26.7. The molecule has 0 aromatic heterocycles. The second-order valence-corrected chi connectivity index (χ2v) is 10.2. The van der Waals surface area contributed by atoms with Crippen molar-refractivity contribution in [1.82, 2.24) is 0 Å². The molecular formula is C31H44BN. The van der Waals surface area contributed by atoms with Gasteiger partial charge in [-0.1, -0.05) is 124 Å². The Balaban J connectivity index is 0.000000277. The van der Waals surface area contributed by atoms with Crippen molar-refractivity contribution in [2.24, 2.45) is 0 Å². The van der Waals surface area contributed by atoms with Crippen molar-refractivity contribution >= 4 is 22.5 Å². The number of nitrogens with zero attached hydrogens (tertiary/aromatic N) is 1. The lowest BCUT2D eigenvalue weighted by Gasteiger charge is -2.40. The minimum absolute atomic E-state index is 1.12. The Morgan fingerprint density at radius 1 is 0.606 bits per heavy atom. The highest BCUT2D eigenvalue weighted by Gasteiger charge is 2.25. The van der Waals surface area contributed by atoms with Gasteiger partial charge in [-0.25, -0.2) is 5.98 Å². The van der Waals surface area contributed by atoms with Crippen LogP contribution >= 0.6 is 0 Å². The molecule has 3 aromatic rings. The van der Waals surface area contributed by atoms with E-state index >= 15 is 0 Å². The Morgan fingerprint density at radius 3 is 1.30 bits per heavy atom. The van der Waals surface area contributed by atoms with E-state index in [-0.39, 0.29) is 0 Å². The van der Waals surface area contributed by atoms with Gasteiger partial charge in [0.05, 0.1) is 33.8 Å². The summed E-state index contributed by atoms with van der Waals surface area (Å²) in [5.41, 5.74) is 3.89. The van der Waals surface area contributed by atoms with Crippen LogP contribution in [0.25, 0.3) is 0 Å². The molecule has 3 aromatic carbocycles. The van der Waals surface area contributed by atoms with Gasteiger partial charge < -0.3 is 4.48 Å². The average molecular weight is 442 g/mol. The van der Waals surface area contributed by atoms with Crippen molar-refractivity contribution in [3.8, 4) is 0 Å². The zero-order valence-electron chi connectivity index (χ0n) is 21.4. The van der Waals surface area contributed by atoms with E-state index in [1.54, 1.807) is 0 Å². The molecular weight excluding hydrogens is 397 g/mol. The highest BCUT2D eigenvalue weighted by Crippen LogP contribution is 2.09. The fourth-order valence-corrected chi connectivity index (χ4v) is 4.62. The molecule has 0 radical (unpaired) electrons. The highest BCUT2D eigenvalue weighted by molar-refractivity contribution is 7.14. The largest absolute Gasteiger partial charge is 0.331 e. The Bertz CT molecular complexity index is 801. The van der Waals surface area contributed by atoms with E-state index < -0.39 is 6.15 Å². The molecule has 0 aliphatic carbocycles. The summed E-state index contributed by atoms with van der Waals surface area (Å²) in [6, 6.07) is 31.9. The predicted molar refractivity (Wildman–Crippen MR) is 150 cm³/mol. The number of hydrogen-bond acceptors (Lipinski definition) is 0. The van der Waals surface area contributed by atoms with E-state index in [4.69, 9.17) is 0 Å². The molecule has 0 amide bonds. The Labute approximate surface area is 203 Å². The predicted octanol–water partition coefficient (Wildman–Crippen LogP) is 5.94. The van der Waals surface area contributed by atoms with E-state index in [9.17, 15) is 0 Å². The molecule has 3 rings (SSSR count). The van der Waals surface area contributed by atoms with Crippen LogP contribution in [0.4, 0.5) is 0 Å². The maximum absolute atomic E-state index is 4.19. The number of quaternary nitrogens is 1. The molecule has 0 N–H and O–H groups in total. The fourth-order valence-electron chi connectivity index (χ4n) is 4.62. The van der Waals surface area contributed by atoms with Gasteiger partial charge in [-0.3, -0.25) is 0 Å². The zero-order valence-corrected chi connectivity index (χ0v) is 21.4. The smallest absolute Gasteiger partial charge is 0.0998 e. The molecule has 0 heterocycles. The quantitative estimate of drug-likeness (QED) is 0.196. The normalized spacial score (nSPS) is 11.4. The van der Waals surface area contributed by atoms with E-state index in [0.29, 0.717) is 0 Å². The SMILES string of the molecule is C=C[B-](c1ccccc1)(c1ccccc1)c1ccccc1.CCCCCCCC[N+](C)(C)C. The van der Waals surface area contributed by atoms with E-state index in [1.807, 2.05) is 0 Å². The van der Waals surface area contributed by atoms with Crippen LogP contribution in [0.3, 0.4) is 0 Å². The standard InChI is InChI=1S/C20H18B.C11H26N/c1-2-21(18-12-6-3-7-13-18,19-14-8-4-9-15-19)20-16-10-5-11-17-20;1-5-6-7-8-9-10-11-12(2,3)4/h2-17H,1H2;5-11H2,1-4H3/q-1;+1. The van der Waals surface area contributed by atoms with Gasteiger partial charge in [0.2, 0.25) is 0 Å². The Hall–Kier alpha value is -2.58. The van der Waals surface area contributed by atoms with Crippen LogP contribution in [-0.2, 0) is 0 Å². The van der Waals surface area contributed by atoms with Gasteiger partial charge in [0, 0.05) is 0 Å². The molecule has 0 spiro atoms. The fraction of sp³-hybridized carbons (Fsp3) is 0.355. The summed E-state index contributed by atoms with van der Waals surface area (Å²) in [7, 11) is 6.81. The minimum atomic E-state index is -1.13. The van der Waals surface area contributed by atoms with E-state index in [2.05, 4.69) is 132 Å².